The summed E-state index contributed by atoms with van der Waals surface area (Å²) in [5.74, 6) is 6.55. The highest BCUT2D eigenvalue weighted by molar-refractivity contribution is 9.10. The fraction of sp³-hybridized carbons (Fsp3) is 0.400. The fourth-order valence-electron chi connectivity index (χ4n) is 2.39. The first kappa shape index (κ1) is 16.0. The minimum absolute atomic E-state index is 0.0623. The van der Waals surface area contributed by atoms with E-state index in [0.717, 1.165) is 35.3 Å². The third-order valence-corrected chi connectivity index (χ3v) is 4.19. The molecule has 0 saturated carbocycles. The van der Waals surface area contributed by atoms with E-state index in [-0.39, 0.29) is 6.04 Å². The molecule has 1 heterocycles. The second-order valence-electron chi connectivity index (χ2n) is 4.84. The minimum atomic E-state index is -0.0623. The molecule has 0 aliphatic rings. The highest BCUT2D eigenvalue weighted by Crippen LogP contribution is 2.29. The Hall–Kier alpha value is -1.37. The zero-order valence-corrected chi connectivity index (χ0v) is 13.9. The van der Waals surface area contributed by atoms with Crippen LogP contribution in [0.5, 0.6) is 5.75 Å². The van der Waals surface area contributed by atoms with E-state index in [1.54, 1.807) is 13.3 Å². The van der Waals surface area contributed by atoms with Gasteiger partial charge in [-0.05, 0) is 24.5 Å². The molecule has 0 radical (unpaired) electrons. The van der Waals surface area contributed by atoms with Crippen molar-refractivity contribution in [2.45, 2.75) is 32.4 Å². The lowest BCUT2D eigenvalue weighted by Gasteiger charge is -2.19. The molecule has 0 aliphatic heterocycles. The van der Waals surface area contributed by atoms with Crippen molar-refractivity contribution in [1.82, 2.24) is 15.2 Å². The number of hydrogen-bond donors (Lipinski definition) is 2. The van der Waals surface area contributed by atoms with Gasteiger partial charge >= 0.3 is 0 Å². The molecule has 0 saturated heterocycles. The molecule has 1 aromatic heterocycles. The average molecular weight is 353 g/mol. The Labute approximate surface area is 133 Å². The van der Waals surface area contributed by atoms with Gasteiger partial charge in [-0.15, -0.1) is 0 Å². The molecule has 0 fully saturated rings. The van der Waals surface area contributed by atoms with Gasteiger partial charge in [-0.1, -0.05) is 41.1 Å². The van der Waals surface area contributed by atoms with E-state index in [9.17, 15) is 0 Å². The minimum Gasteiger partial charge on any atom is -0.493 e. The standard InChI is InChI=1S/C15H21BrN4O/c1-3-8-20-15(14(21-2)10-18-20)13(19-17)9-11-6-4-5-7-12(11)16/h4-7,10,13,19H,3,8-9,17H2,1-2H3. The normalized spacial score (nSPS) is 12.4. The predicted octanol–water partition coefficient (Wildman–Crippen LogP) is 2.81. The smallest absolute Gasteiger partial charge is 0.161 e. The maximum Gasteiger partial charge on any atom is 0.161 e. The van der Waals surface area contributed by atoms with Gasteiger partial charge in [-0.2, -0.15) is 5.10 Å². The summed E-state index contributed by atoms with van der Waals surface area (Å²) < 4.78 is 8.47. The number of aromatic nitrogens is 2. The lowest BCUT2D eigenvalue weighted by molar-refractivity contribution is 0.389. The number of hydrogen-bond acceptors (Lipinski definition) is 4. The van der Waals surface area contributed by atoms with Crippen LogP contribution in [0.15, 0.2) is 34.9 Å². The Kier molecular flexibility index (Phi) is 5.78. The Balaban J connectivity index is 2.32. The molecule has 1 atom stereocenters. The molecule has 0 amide bonds. The number of methoxy groups -OCH3 is 1. The number of rotatable bonds is 7. The van der Waals surface area contributed by atoms with Gasteiger partial charge in [-0.3, -0.25) is 16.0 Å². The van der Waals surface area contributed by atoms with Crippen LogP contribution in [0.4, 0.5) is 0 Å². The van der Waals surface area contributed by atoms with E-state index >= 15 is 0 Å². The summed E-state index contributed by atoms with van der Waals surface area (Å²) in [7, 11) is 1.66. The molecule has 0 bridgehead atoms. The topological polar surface area (TPSA) is 65.1 Å². The van der Waals surface area contributed by atoms with Gasteiger partial charge in [0.15, 0.2) is 5.75 Å². The zero-order chi connectivity index (χ0) is 15.2. The van der Waals surface area contributed by atoms with E-state index in [1.165, 1.54) is 5.56 Å². The first-order valence-corrected chi connectivity index (χ1v) is 7.79. The van der Waals surface area contributed by atoms with Crippen molar-refractivity contribution in [3.8, 4) is 5.75 Å². The molecule has 6 heteroatoms. The van der Waals surface area contributed by atoms with Gasteiger partial charge in [0.05, 0.1) is 25.0 Å². The van der Waals surface area contributed by atoms with Crippen LogP contribution in [0, 0.1) is 0 Å². The molecule has 114 valence electrons. The van der Waals surface area contributed by atoms with Crippen LogP contribution in [0.25, 0.3) is 0 Å². The number of nitrogens with zero attached hydrogens (tertiary/aromatic N) is 2. The zero-order valence-electron chi connectivity index (χ0n) is 12.3. The third kappa shape index (κ3) is 3.64. The number of halogens is 1. The molecule has 3 N–H and O–H groups in total. The van der Waals surface area contributed by atoms with Gasteiger partial charge in [0.25, 0.3) is 0 Å². The van der Waals surface area contributed by atoms with Crippen LogP contribution < -0.4 is 16.0 Å². The Morgan fingerprint density at radius 1 is 1.43 bits per heavy atom. The molecule has 21 heavy (non-hydrogen) atoms. The van der Waals surface area contributed by atoms with Gasteiger partial charge in [0, 0.05) is 11.0 Å². The van der Waals surface area contributed by atoms with Crippen molar-refractivity contribution < 1.29 is 4.74 Å². The summed E-state index contributed by atoms with van der Waals surface area (Å²) >= 11 is 3.58. The maximum atomic E-state index is 5.79. The molecule has 5 nitrogen and oxygen atoms in total. The molecule has 0 spiro atoms. The van der Waals surface area contributed by atoms with Crippen LogP contribution in [0.1, 0.15) is 30.6 Å². The van der Waals surface area contributed by atoms with Crippen molar-refractivity contribution in [2.24, 2.45) is 5.84 Å². The Morgan fingerprint density at radius 2 is 2.19 bits per heavy atom. The number of hydrazine groups is 1. The van der Waals surface area contributed by atoms with Crippen molar-refractivity contribution in [2.75, 3.05) is 7.11 Å². The quantitative estimate of drug-likeness (QED) is 0.594. The van der Waals surface area contributed by atoms with Crippen LogP contribution in [0.3, 0.4) is 0 Å². The first-order chi connectivity index (χ1) is 10.2. The van der Waals surface area contributed by atoms with Crippen molar-refractivity contribution in [1.29, 1.82) is 0 Å². The summed E-state index contributed by atoms with van der Waals surface area (Å²) in [6, 6.07) is 8.08. The molecule has 1 aromatic carbocycles. The van der Waals surface area contributed by atoms with Gasteiger partial charge in [-0.25, -0.2) is 0 Å². The summed E-state index contributed by atoms with van der Waals surface area (Å²) in [6.45, 7) is 2.96. The lowest BCUT2D eigenvalue weighted by Crippen LogP contribution is -2.32. The molecule has 2 aromatic rings. The fourth-order valence-corrected chi connectivity index (χ4v) is 2.84. The summed E-state index contributed by atoms with van der Waals surface area (Å²) in [5.41, 5.74) is 5.06. The van der Waals surface area contributed by atoms with Gasteiger partial charge in [0.1, 0.15) is 0 Å². The number of aryl methyl sites for hydroxylation is 1. The number of nitrogens with one attached hydrogen (secondary N) is 1. The molecule has 0 aliphatic carbocycles. The second kappa shape index (κ2) is 7.59. The highest BCUT2D eigenvalue weighted by atomic mass is 79.9. The number of benzene rings is 1. The summed E-state index contributed by atoms with van der Waals surface area (Å²) in [5, 5.41) is 4.39. The monoisotopic (exact) mass is 352 g/mol. The number of nitrogens with two attached hydrogens (primary N) is 1. The predicted molar refractivity (Wildman–Crippen MR) is 87.0 cm³/mol. The van der Waals surface area contributed by atoms with Crippen molar-refractivity contribution >= 4 is 15.9 Å². The van der Waals surface area contributed by atoms with Crippen LogP contribution in [-0.4, -0.2) is 16.9 Å². The van der Waals surface area contributed by atoms with E-state index in [4.69, 9.17) is 10.6 Å². The summed E-state index contributed by atoms with van der Waals surface area (Å²) in [4.78, 5) is 0. The van der Waals surface area contributed by atoms with Gasteiger partial charge in [0.2, 0.25) is 0 Å². The van der Waals surface area contributed by atoms with Crippen LogP contribution in [-0.2, 0) is 13.0 Å². The highest BCUT2D eigenvalue weighted by Gasteiger charge is 2.21. The largest absolute Gasteiger partial charge is 0.493 e. The Bertz CT molecular complexity index is 585. The van der Waals surface area contributed by atoms with Crippen molar-refractivity contribution in [3.63, 3.8) is 0 Å². The molecule has 1 unspecified atom stereocenters. The SMILES string of the molecule is CCCn1ncc(OC)c1C(Cc1ccccc1Br)NN. The molecular formula is C15H21BrN4O. The average Bonchev–Trinajstić information content (AvgIpc) is 2.90. The van der Waals surface area contributed by atoms with Crippen LogP contribution in [0.2, 0.25) is 0 Å². The van der Waals surface area contributed by atoms with E-state index < -0.39 is 0 Å². The van der Waals surface area contributed by atoms with Crippen molar-refractivity contribution in [3.05, 3.63) is 46.2 Å². The lowest BCUT2D eigenvalue weighted by atomic mass is 10.0. The second-order valence-corrected chi connectivity index (χ2v) is 5.69. The van der Waals surface area contributed by atoms with E-state index in [0.29, 0.717) is 0 Å². The van der Waals surface area contributed by atoms with Gasteiger partial charge < -0.3 is 4.74 Å². The van der Waals surface area contributed by atoms with E-state index in [1.807, 2.05) is 22.9 Å². The Morgan fingerprint density at radius 3 is 2.81 bits per heavy atom. The molecular weight excluding hydrogens is 332 g/mol. The first-order valence-electron chi connectivity index (χ1n) is 7.00. The van der Waals surface area contributed by atoms with Crippen LogP contribution >= 0.6 is 15.9 Å². The summed E-state index contributed by atoms with van der Waals surface area (Å²) in [6.07, 6.45) is 3.50. The maximum absolute atomic E-state index is 5.79. The van der Waals surface area contributed by atoms with E-state index in [2.05, 4.69) is 39.4 Å². The third-order valence-electron chi connectivity index (χ3n) is 3.41. The number of ether oxygens (including phenoxy) is 1. The molecule has 2 rings (SSSR count).